The van der Waals surface area contributed by atoms with Crippen LogP contribution in [0, 0.1) is 18.7 Å². The molecule has 0 aromatic heterocycles. The molecule has 0 aliphatic carbocycles. The first-order chi connectivity index (χ1) is 11.8. The quantitative estimate of drug-likeness (QED) is 0.838. The van der Waals surface area contributed by atoms with Gasteiger partial charge in [-0.1, -0.05) is 31.5 Å². The van der Waals surface area contributed by atoms with Gasteiger partial charge in [0.15, 0.2) is 0 Å². The van der Waals surface area contributed by atoms with E-state index in [4.69, 9.17) is 11.6 Å². The van der Waals surface area contributed by atoms with Crippen LogP contribution in [0.5, 0.6) is 0 Å². The molecule has 2 aromatic carbocycles. The molecule has 0 unspecified atom stereocenters. The molecule has 0 spiro atoms. The topological polar surface area (TPSA) is 58.2 Å². The average molecular weight is 363 g/mol. The molecule has 0 saturated heterocycles. The zero-order valence-electron chi connectivity index (χ0n) is 14.3. The molecule has 0 heterocycles. The third-order valence-electron chi connectivity index (χ3n) is 3.80. The lowest BCUT2D eigenvalue weighted by Gasteiger charge is -2.22. The van der Waals surface area contributed by atoms with Crippen molar-refractivity contribution in [1.29, 1.82) is 0 Å². The highest BCUT2D eigenvalue weighted by Gasteiger charge is 2.25. The summed E-state index contributed by atoms with van der Waals surface area (Å²) in [6, 6.07) is 9.80. The smallest absolute Gasteiger partial charge is 0.251 e. The van der Waals surface area contributed by atoms with Crippen LogP contribution in [0.1, 0.15) is 29.8 Å². The number of halogens is 2. The number of nitrogens with one attached hydrogen (secondary N) is 2. The number of anilines is 1. The Morgan fingerprint density at radius 3 is 2.32 bits per heavy atom. The number of hydrogen-bond acceptors (Lipinski definition) is 2. The van der Waals surface area contributed by atoms with Gasteiger partial charge in [-0.15, -0.1) is 0 Å². The Morgan fingerprint density at radius 1 is 1.08 bits per heavy atom. The Labute approximate surface area is 151 Å². The fourth-order valence-electron chi connectivity index (χ4n) is 2.30. The maximum Gasteiger partial charge on any atom is 0.251 e. The second-order valence-electron chi connectivity index (χ2n) is 6.15. The minimum atomic E-state index is -0.758. The molecule has 1 atom stereocenters. The molecule has 0 aliphatic heterocycles. The van der Waals surface area contributed by atoms with E-state index < -0.39 is 17.8 Å². The summed E-state index contributed by atoms with van der Waals surface area (Å²) in [6.45, 7) is 5.42. The second-order valence-corrected chi connectivity index (χ2v) is 6.59. The molecule has 0 aliphatic rings. The number of benzene rings is 2. The molecule has 2 amide bonds. The molecule has 2 aromatic rings. The molecule has 0 fully saturated rings. The maximum atomic E-state index is 13.4. The monoisotopic (exact) mass is 362 g/mol. The van der Waals surface area contributed by atoms with Crippen molar-refractivity contribution in [2.45, 2.75) is 26.8 Å². The molecule has 132 valence electrons. The number of amides is 2. The van der Waals surface area contributed by atoms with Gasteiger partial charge in [-0.05, 0) is 54.8 Å². The Bertz CT molecular complexity index is 775. The predicted octanol–water partition coefficient (Wildman–Crippen LogP) is 4.18. The minimum Gasteiger partial charge on any atom is -0.340 e. The molecule has 0 saturated carbocycles. The summed E-state index contributed by atoms with van der Waals surface area (Å²) >= 11 is 5.81. The van der Waals surface area contributed by atoms with E-state index >= 15 is 0 Å². The van der Waals surface area contributed by atoms with Crippen LogP contribution in [0.25, 0.3) is 0 Å². The van der Waals surface area contributed by atoms with E-state index in [0.717, 1.165) is 5.56 Å². The van der Waals surface area contributed by atoms with Crippen molar-refractivity contribution in [2.24, 2.45) is 5.92 Å². The van der Waals surface area contributed by atoms with Gasteiger partial charge in [0.25, 0.3) is 5.91 Å². The van der Waals surface area contributed by atoms with Gasteiger partial charge in [0.2, 0.25) is 5.91 Å². The summed E-state index contributed by atoms with van der Waals surface area (Å²) in [5.74, 6) is -1.36. The first-order valence-corrected chi connectivity index (χ1v) is 8.29. The minimum absolute atomic E-state index is 0.148. The fourth-order valence-corrected chi connectivity index (χ4v) is 2.43. The first-order valence-electron chi connectivity index (χ1n) is 7.91. The summed E-state index contributed by atoms with van der Waals surface area (Å²) in [5.41, 5.74) is 1.53. The highest BCUT2D eigenvalue weighted by atomic mass is 35.5. The zero-order valence-corrected chi connectivity index (χ0v) is 15.0. The normalized spacial score (nSPS) is 11.9. The van der Waals surface area contributed by atoms with Crippen molar-refractivity contribution in [3.8, 4) is 0 Å². The van der Waals surface area contributed by atoms with Gasteiger partial charge in [0.1, 0.15) is 11.9 Å². The molecular formula is C19H20ClFN2O2. The highest BCUT2D eigenvalue weighted by molar-refractivity contribution is 6.30. The van der Waals surface area contributed by atoms with Gasteiger partial charge in [-0.25, -0.2) is 4.39 Å². The summed E-state index contributed by atoms with van der Waals surface area (Å²) in [4.78, 5) is 24.9. The van der Waals surface area contributed by atoms with Gasteiger partial charge < -0.3 is 10.6 Å². The van der Waals surface area contributed by atoms with Crippen LogP contribution in [0.3, 0.4) is 0 Å². The predicted molar refractivity (Wildman–Crippen MR) is 97.3 cm³/mol. The Kier molecular flexibility index (Phi) is 6.15. The van der Waals surface area contributed by atoms with Crippen molar-refractivity contribution < 1.29 is 14.0 Å². The van der Waals surface area contributed by atoms with Crippen molar-refractivity contribution in [2.75, 3.05) is 5.32 Å². The van der Waals surface area contributed by atoms with Gasteiger partial charge in [-0.2, -0.15) is 0 Å². The average Bonchev–Trinajstić information content (AvgIpc) is 2.56. The summed E-state index contributed by atoms with van der Waals surface area (Å²) in [5, 5.41) is 5.93. The maximum absolute atomic E-state index is 13.4. The summed E-state index contributed by atoms with van der Waals surface area (Å²) in [7, 11) is 0. The fraction of sp³-hybridized carbons (Fsp3) is 0.263. The lowest BCUT2D eigenvalue weighted by Crippen LogP contribution is -2.47. The third-order valence-corrected chi connectivity index (χ3v) is 4.05. The van der Waals surface area contributed by atoms with Crippen molar-refractivity contribution >= 4 is 29.1 Å². The van der Waals surface area contributed by atoms with E-state index in [-0.39, 0.29) is 11.8 Å². The second kappa shape index (κ2) is 8.12. The Balaban J connectivity index is 2.14. The van der Waals surface area contributed by atoms with Crippen LogP contribution in [0.4, 0.5) is 10.1 Å². The van der Waals surface area contributed by atoms with Crippen LogP contribution in [0.2, 0.25) is 5.02 Å². The summed E-state index contributed by atoms with van der Waals surface area (Å²) in [6.07, 6.45) is 0. The number of hydrogen-bond donors (Lipinski definition) is 2. The van der Waals surface area contributed by atoms with E-state index in [2.05, 4.69) is 10.6 Å². The Morgan fingerprint density at radius 2 is 1.72 bits per heavy atom. The molecular weight excluding hydrogens is 343 g/mol. The molecule has 25 heavy (non-hydrogen) atoms. The van der Waals surface area contributed by atoms with E-state index in [0.29, 0.717) is 16.3 Å². The lowest BCUT2D eigenvalue weighted by atomic mass is 10.0. The summed E-state index contributed by atoms with van der Waals surface area (Å²) < 4.78 is 13.4. The van der Waals surface area contributed by atoms with E-state index in [1.165, 1.54) is 12.1 Å². The molecule has 2 N–H and O–H groups in total. The number of rotatable bonds is 5. The molecule has 0 bridgehead atoms. The third kappa shape index (κ3) is 5.03. The van der Waals surface area contributed by atoms with Gasteiger partial charge in [0, 0.05) is 16.3 Å². The highest BCUT2D eigenvalue weighted by Crippen LogP contribution is 2.17. The standard InChI is InChI=1S/C19H20ClFN2O2/c1-11(2)17(23-18(24)13-5-7-14(20)8-6-13)19(25)22-16-10-15(21)9-4-12(16)3/h4-11,17H,1-3H3,(H,22,25)(H,23,24)/t17-/m1/s1. The van der Waals surface area contributed by atoms with Gasteiger partial charge in [-0.3, -0.25) is 9.59 Å². The molecule has 2 rings (SSSR count). The van der Waals surface area contributed by atoms with Crippen LogP contribution in [0.15, 0.2) is 42.5 Å². The molecule has 0 radical (unpaired) electrons. The molecule has 6 heteroatoms. The van der Waals surface area contributed by atoms with Gasteiger partial charge >= 0.3 is 0 Å². The first kappa shape index (κ1) is 18.9. The van der Waals surface area contributed by atoms with Crippen LogP contribution in [-0.2, 0) is 4.79 Å². The number of aryl methyl sites for hydroxylation is 1. The molecule has 4 nitrogen and oxygen atoms in total. The Hall–Kier alpha value is -2.40. The van der Waals surface area contributed by atoms with Crippen molar-refractivity contribution in [3.05, 3.63) is 64.4 Å². The SMILES string of the molecule is Cc1ccc(F)cc1NC(=O)[C@H](NC(=O)c1ccc(Cl)cc1)C(C)C. The van der Waals surface area contributed by atoms with Crippen LogP contribution in [-0.4, -0.2) is 17.9 Å². The van der Waals surface area contributed by atoms with Crippen molar-refractivity contribution in [1.82, 2.24) is 5.32 Å². The zero-order chi connectivity index (χ0) is 18.6. The lowest BCUT2D eigenvalue weighted by molar-refractivity contribution is -0.118. The number of carbonyl (C=O) groups excluding carboxylic acids is 2. The van der Waals surface area contributed by atoms with Crippen LogP contribution < -0.4 is 10.6 Å². The largest absolute Gasteiger partial charge is 0.340 e. The number of carbonyl (C=O) groups is 2. The van der Waals surface area contributed by atoms with E-state index in [1.807, 2.05) is 13.8 Å². The van der Waals surface area contributed by atoms with Crippen LogP contribution >= 0.6 is 11.6 Å². The van der Waals surface area contributed by atoms with E-state index in [1.54, 1.807) is 37.3 Å². The van der Waals surface area contributed by atoms with Gasteiger partial charge in [0.05, 0.1) is 0 Å². The van der Waals surface area contributed by atoms with Crippen molar-refractivity contribution in [3.63, 3.8) is 0 Å². The van der Waals surface area contributed by atoms with E-state index in [9.17, 15) is 14.0 Å².